The van der Waals surface area contributed by atoms with E-state index in [1.807, 2.05) is 24.3 Å². The van der Waals surface area contributed by atoms with Crippen LogP contribution >= 0.6 is 0 Å². The van der Waals surface area contributed by atoms with Crippen LogP contribution in [0.3, 0.4) is 0 Å². The Hall–Kier alpha value is -2.96. The number of hydrogen-bond acceptors (Lipinski definition) is 5. The van der Waals surface area contributed by atoms with Crippen LogP contribution in [0.5, 0.6) is 0 Å². The molecule has 4 amide bonds. The van der Waals surface area contributed by atoms with Gasteiger partial charge in [0, 0.05) is 24.9 Å². The Morgan fingerprint density at radius 1 is 1.09 bits per heavy atom. The highest BCUT2D eigenvalue weighted by atomic mass is 16.2. The lowest BCUT2D eigenvalue weighted by Gasteiger charge is -2.53. The van der Waals surface area contributed by atoms with E-state index in [9.17, 15) is 14.4 Å². The molecule has 1 aromatic carbocycles. The number of nitrogens with one attached hydrogen (secondary N) is 1. The van der Waals surface area contributed by atoms with E-state index in [0.29, 0.717) is 0 Å². The molecule has 0 radical (unpaired) electrons. The second-order valence-corrected chi connectivity index (χ2v) is 11.3. The number of fused-ring (bicyclic) bond motifs is 9. The zero-order chi connectivity index (χ0) is 22.6. The molecule has 1 spiro atoms. The Kier molecular flexibility index (Phi) is 3.62. The summed E-state index contributed by atoms with van der Waals surface area (Å²) in [4.78, 5) is 48.2. The minimum atomic E-state index is -1.34. The summed E-state index contributed by atoms with van der Waals surface area (Å²) in [6, 6.07) is 9.24. The zero-order valence-corrected chi connectivity index (χ0v) is 18.9. The SMILES string of the molecule is CN1C(=O)NC(=O)[C@@]2(Cc3cc4ccccc4nc3N3[C@@H]4CC(C)(C)C[C@](C)(C4)[C@H]32)C1=O. The lowest BCUT2D eigenvalue weighted by Crippen LogP contribution is -2.72. The van der Waals surface area contributed by atoms with Crippen molar-refractivity contribution in [2.24, 2.45) is 16.2 Å². The van der Waals surface area contributed by atoms with Gasteiger partial charge >= 0.3 is 6.03 Å². The number of para-hydroxylation sites is 1. The van der Waals surface area contributed by atoms with Gasteiger partial charge < -0.3 is 4.90 Å². The summed E-state index contributed by atoms with van der Waals surface area (Å²) >= 11 is 0. The van der Waals surface area contributed by atoms with Crippen LogP contribution in [0.1, 0.15) is 45.6 Å². The summed E-state index contributed by atoms with van der Waals surface area (Å²) in [5.41, 5.74) is 0.317. The highest BCUT2D eigenvalue weighted by Crippen LogP contribution is 2.63. The number of anilines is 1. The normalized spacial score (nSPS) is 35.2. The maximum absolute atomic E-state index is 13.8. The minimum Gasteiger partial charge on any atom is -0.348 e. The fourth-order valence-electron chi connectivity index (χ4n) is 7.64. The molecule has 2 aromatic rings. The molecular formula is C25H28N4O3. The number of hydrogen-bond donors (Lipinski definition) is 1. The Morgan fingerprint density at radius 3 is 2.62 bits per heavy atom. The fourth-order valence-corrected chi connectivity index (χ4v) is 7.64. The van der Waals surface area contributed by atoms with Gasteiger partial charge in [-0.25, -0.2) is 9.78 Å². The smallest absolute Gasteiger partial charge is 0.330 e. The third-order valence-electron chi connectivity index (χ3n) is 8.28. The minimum absolute atomic E-state index is 0.0864. The average Bonchev–Trinajstić information content (AvgIpc) is 2.95. The van der Waals surface area contributed by atoms with Crippen molar-refractivity contribution < 1.29 is 14.4 Å². The number of urea groups is 1. The van der Waals surface area contributed by atoms with Crippen molar-refractivity contribution in [3.63, 3.8) is 0 Å². The molecule has 7 heteroatoms. The lowest BCUT2D eigenvalue weighted by atomic mass is 9.56. The van der Waals surface area contributed by atoms with Gasteiger partial charge in [0.2, 0.25) is 11.8 Å². The molecule has 7 nitrogen and oxygen atoms in total. The van der Waals surface area contributed by atoms with Crippen molar-refractivity contribution >= 4 is 34.6 Å². The van der Waals surface area contributed by atoms with Gasteiger partial charge in [0.15, 0.2) is 5.41 Å². The molecule has 4 heterocycles. The van der Waals surface area contributed by atoms with Crippen LogP contribution in [0, 0.1) is 16.2 Å². The zero-order valence-electron chi connectivity index (χ0n) is 18.9. The van der Waals surface area contributed by atoms with Crippen molar-refractivity contribution in [3.05, 3.63) is 35.9 Å². The van der Waals surface area contributed by atoms with Gasteiger partial charge in [-0.1, -0.05) is 39.0 Å². The number of pyridine rings is 1. The van der Waals surface area contributed by atoms with Gasteiger partial charge in [-0.05, 0) is 47.8 Å². The maximum Gasteiger partial charge on any atom is 0.330 e. The van der Waals surface area contributed by atoms with Gasteiger partial charge in [0.05, 0.1) is 11.6 Å². The van der Waals surface area contributed by atoms with E-state index in [2.05, 4.69) is 37.1 Å². The molecule has 2 bridgehead atoms. The van der Waals surface area contributed by atoms with E-state index in [0.717, 1.165) is 46.4 Å². The molecule has 32 heavy (non-hydrogen) atoms. The topological polar surface area (TPSA) is 82.6 Å². The summed E-state index contributed by atoms with van der Waals surface area (Å²) in [6.45, 7) is 6.77. The molecule has 4 atom stereocenters. The van der Waals surface area contributed by atoms with Crippen molar-refractivity contribution in [2.45, 2.75) is 58.5 Å². The third kappa shape index (κ3) is 2.31. The highest BCUT2D eigenvalue weighted by molar-refractivity contribution is 6.20. The van der Waals surface area contributed by atoms with E-state index >= 15 is 0 Å². The number of imide groups is 2. The lowest BCUT2D eigenvalue weighted by molar-refractivity contribution is -0.155. The van der Waals surface area contributed by atoms with E-state index in [-0.39, 0.29) is 29.3 Å². The molecule has 4 aliphatic rings. The van der Waals surface area contributed by atoms with Gasteiger partial charge in [-0.3, -0.25) is 19.8 Å². The number of benzene rings is 1. The van der Waals surface area contributed by atoms with Crippen LogP contribution in [0.25, 0.3) is 10.9 Å². The van der Waals surface area contributed by atoms with E-state index in [4.69, 9.17) is 4.98 Å². The fraction of sp³-hybridized carbons (Fsp3) is 0.520. The number of aromatic nitrogens is 1. The molecular weight excluding hydrogens is 404 g/mol. The molecule has 1 N–H and O–H groups in total. The summed E-state index contributed by atoms with van der Waals surface area (Å²) in [7, 11) is 1.47. The predicted octanol–water partition coefficient (Wildman–Crippen LogP) is 3.26. The van der Waals surface area contributed by atoms with Crippen molar-refractivity contribution in [3.8, 4) is 0 Å². The van der Waals surface area contributed by atoms with E-state index < -0.39 is 23.3 Å². The van der Waals surface area contributed by atoms with Crippen LogP contribution in [0.15, 0.2) is 30.3 Å². The number of barbiturate groups is 1. The third-order valence-corrected chi connectivity index (χ3v) is 8.28. The number of carbonyl (C=O) groups excluding carboxylic acids is 3. The Labute approximate surface area is 187 Å². The first-order valence-corrected chi connectivity index (χ1v) is 11.4. The number of amides is 4. The largest absolute Gasteiger partial charge is 0.348 e. The first-order chi connectivity index (χ1) is 15.1. The maximum atomic E-state index is 13.8. The summed E-state index contributed by atoms with van der Waals surface area (Å²) in [5.74, 6) is 0.0310. The summed E-state index contributed by atoms with van der Waals surface area (Å²) < 4.78 is 0. The molecule has 1 aliphatic carbocycles. The Bertz CT molecular complexity index is 1220. The molecule has 3 fully saturated rings. The van der Waals surface area contributed by atoms with Crippen molar-refractivity contribution in [2.75, 3.05) is 11.9 Å². The summed E-state index contributed by atoms with van der Waals surface area (Å²) in [5, 5.41) is 3.49. The first kappa shape index (κ1) is 19.7. The van der Waals surface area contributed by atoms with Crippen molar-refractivity contribution in [1.29, 1.82) is 0 Å². The first-order valence-electron chi connectivity index (χ1n) is 11.4. The molecule has 3 aliphatic heterocycles. The van der Waals surface area contributed by atoms with E-state index in [1.54, 1.807) is 0 Å². The molecule has 0 unspecified atom stereocenters. The Morgan fingerprint density at radius 2 is 1.84 bits per heavy atom. The van der Waals surface area contributed by atoms with Gasteiger partial charge in [-0.2, -0.15) is 0 Å². The van der Waals surface area contributed by atoms with Gasteiger partial charge in [-0.15, -0.1) is 0 Å². The van der Waals surface area contributed by atoms with Crippen LogP contribution in [-0.2, 0) is 16.0 Å². The van der Waals surface area contributed by atoms with Crippen LogP contribution in [-0.4, -0.2) is 46.9 Å². The molecule has 2 saturated heterocycles. The highest BCUT2D eigenvalue weighted by Gasteiger charge is 2.71. The monoisotopic (exact) mass is 432 g/mol. The standard InChI is InChI=1S/C25H28N4O3/c1-23(2)11-16-12-24(3,13-23)19-25(20(30)27-22(32)28(4)21(25)31)10-15-9-14-7-5-6-8-17(14)26-18(15)29(16)19/h5-9,16,19H,10-13H2,1-4H3,(H,27,30,32)/t16-,19+,24+,25+/m1/s1. The second-order valence-electron chi connectivity index (χ2n) is 11.3. The predicted molar refractivity (Wildman–Crippen MR) is 120 cm³/mol. The molecule has 166 valence electrons. The van der Waals surface area contributed by atoms with Crippen LogP contribution in [0.2, 0.25) is 0 Å². The number of rotatable bonds is 0. The molecule has 6 rings (SSSR count). The van der Waals surface area contributed by atoms with E-state index in [1.165, 1.54) is 7.05 Å². The average molecular weight is 433 g/mol. The van der Waals surface area contributed by atoms with Gasteiger partial charge in [0.1, 0.15) is 5.82 Å². The quantitative estimate of drug-likeness (QED) is 0.646. The number of nitrogens with zero attached hydrogens (tertiary/aromatic N) is 3. The van der Waals surface area contributed by atoms with Gasteiger partial charge in [0.25, 0.3) is 0 Å². The van der Waals surface area contributed by atoms with Crippen LogP contribution < -0.4 is 10.2 Å². The summed E-state index contributed by atoms with van der Waals surface area (Å²) in [6.07, 6.45) is 3.07. The Balaban J connectivity index is 1.65. The number of carbonyl (C=O) groups is 3. The molecule has 1 saturated carbocycles. The van der Waals surface area contributed by atoms with Crippen LogP contribution in [0.4, 0.5) is 10.6 Å². The second kappa shape index (κ2) is 5.88. The van der Waals surface area contributed by atoms with Crippen molar-refractivity contribution in [1.82, 2.24) is 15.2 Å². The molecule has 1 aromatic heterocycles.